The number of ether oxygens (including phenoxy) is 2. The summed E-state index contributed by atoms with van der Waals surface area (Å²) in [5.41, 5.74) is 3.09. The van der Waals surface area contributed by atoms with Crippen LogP contribution in [0.2, 0.25) is 0 Å². The number of alkyl halides is 3. The average Bonchev–Trinajstić information content (AvgIpc) is 2.68. The summed E-state index contributed by atoms with van der Waals surface area (Å²) < 4.78 is 45.5. The molecule has 3 aromatic rings. The fourth-order valence-corrected chi connectivity index (χ4v) is 2.62. The number of amides is 1. The fourth-order valence-electron chi connectivity index (χ4n) is 2.62. The number of aryl methyl sites for hydroxylation is 2. The zero-order valence-electron chi connectivity index (χ0n) is 16.8. The second-order valence-corrected chi connectivity index (χ2v) is 6.71. The van der Waals surface area contributed by atoms with Gasteiger partial charge in [0.1, 0.15) is 5.75 Å². The van der Waals surface area contributed by atoms with E-state index in [0.717, 1.165) is 23.5 Å². The molecule has 1 unspecified atom stereocenters. The minimum absolute atomic E-state index is 0.207. The average molecular weight is 433 g/mol. The first-order valence-electron chi connectivity index (χ1n) is 9.14. The van der Waals surface area contributed by atoms with Crippen molar-refractivity contribution in [2.24, 2.45) is 0 Å². The van der Waals surface area contributed by atoms with E-state index in [1.54, 1.807) is 13.0 Å². The minimum Gasteiger partial charge on any atom is -0.449 e. The number of esters is 1. The maximum absolute atomic E-state index is 12.4. The molecule has 0 bridgehead atoms. The van der Waals surface area contributed by atoms with Gasteiger partial charge in [-0.05, 0) is 63.2 Å². The lowest BCUT2D eigenvalue weighted by molar-refractivity contribution is -0.274. The molecule has 0 saturated carbocycles. The van der Waals surface area contributed by atoms with Gasteiger partial charge in [0.2, 0.25) is 0 Å². The Kier molecular flexibility index (Phi) is 6.09. The van der Waals surface area contributed by atoms with Gasteiger partial charge in [-0.3, -0.25) is 4.79 Å². The molecule has 0 spiro atoms. The zero-order chi connectivity index (χ0) is 22.8. The summed E-state index contributed by atoms with van der Waals surface area (Å²) in [6.45, 7) is 5.02. The number of aromatic nitrogens is 2. The van der Waals surface area contributed by atoms with Crippen molar-refractivity contribution in [1.82, 2.24) is 9.97 Å². The molecule has 0 fully saturated rings. The Morgan fingerprint density at radius 1 is 0.968 bits per heavy atom. The van der Waals surface area contributed by atoms with Crippen LogP contribution < -0.4 is 10.1 Å². The number of benzene rings is 2. The molecule has 3 rings (SSSR count). The van der Waals surface area contributed by atoms with E-state index in [4.69, 9.17) is 4.74 Å². The van der Waals surface area contributed by atoms with Crippen molar-refractivity contribution in [2.75, 3.05) is 5.32 Å². The molecule has 0 aliphatic heterocycles. The van der Waals surface area contributed by atoms with Crippen LogP contribution in [-0.2, 0) is 9.53 Å². The molecule has 0 saturated heterocycles. The Morgan fingerprint density at radius 2 is 1.58 bits per heavy atom. The Labute approximate surface area is 175 Å². The predicted octanol–water partition coefficient (Wildman–Crippen LogP) is 4.33. The first-order chi connectivity index (χ1) is 14.5. The van der Waals surface area contributed by atoms with Gasteiger partial charge in [0, 0.05) is 5.69 Å². The van der Waals surface area contributed by atoms with Crippen LogP contribution in [0.5, 0.6) is 5.75 Å². The lowest BCUT2D eigenvalue weighted by atomic mass is 10.2. The van der Waals surface area contributed by atoms with Crippen molar-refractivity contribution in [3.63, 3.8) is 0 Å². The van der Waals surface area contributed by atoms with E-state index in [-0.39, 0.29) is 11.3 Å². The van der Waals surface area contributed by atoms with Gasteiger partial charge < -0.3 is 14.8 Å². The largest absolute Gasteiger partial charge is 0.573 e. The third kappa shape index (κ3) is 5.68. The second-order valence-electron chi connectivity index (χ2n) is 6.71. The maximum atomic E-state index is 12.4. The summed E-state index contributed by atoms with van der Waals surface area (Å²) in [4.78, 5) is 33.5. The van der Waals surface area contributed by atoms with Gasteiger partial charge in [-0.2, -0.15) is 0 Å². The number of hydrogen-bond donors (Lipinski definition) is 1. The molecule has 0 radical (unpaired) electrons. The standard InChI is InChI=1S/C21H18F3N3O4/c1-11-12(2)26-18-10-14(4-9-17(18)25-11)20(29)30-13(3)19(28)27-15-5-7-16(8-6-15)31-21(22,23)24/h4-10,13H,1-3H3,(H,27,28). The molecular weight excluding hydrogens is 415 g/mol. The molecule has 1 heterocycles. The predicted molar refractivity (Wildman–Crippen MR) is 106 cm³/mol. The molecule has 1 aromatic heterocycles. The lowest BCUT2D eigenvalue weighted by Crippen LogP contribution is -2.30. The van der Waals surface area contributed by atoms with Crippen molar-refractivity contribution in [1.29, 1.82) is 0 Å². The topological polar surface area (TPSA) is 90.4 Å². The molecule has 10 heteroatoms. The van der Waals surface area contributed by atoms with E-state index in [9.17, 15) is 22.8 Å². The number of fused-ring (bicyclic) bond motifs is 1. The summed E-state index contributed by atoms with van der Waals surface area (Å²) in [5, 5.41) is 2.46. The Hall–Kier alpha value is -3.69. The van der Waals surface area contributed by atoms with E-state index >= 15 is 0 Å². The Balaban J connectivity index is 1.63. The van der Waals surface area contributed by atoms with Gasteiger partial charge in [0.25, 0.3) is 5.91 Å². The van der Waals surface area contributed by atoms with Crippen LogP contribution in [0.1, 0.15) is 28.7 Å². The van der Waals surface area contributed by atoms with Crippen LogP contribution in [0.4, 0.5) is 18.9 Å². The number of carbonyl (C=O) groups excluding carboxylic acids is 2. The highest BCUT2D eigenvalue weighted by atomic mass is 19.4. The van der Waals surface area contributed by atoms with Gasteiger partial charge in [-0.25, -0.2) is 14.8 Å². The van der Waals surface area contributed by atoms with Crippen LogP contribution in [0.25, 0.3) is 11.0 Å². The van der Waals surface area contributed by atoms with E-state index in [2.05, 4.69) is 20.0 Å². The Bertz CT molecular complexity index is 1130. The number of anilines is 1. The van der Waals surface area contributed by atoms with Crippen LogP contribution in [0, 0.1) is 13.8 Å². The molecule has 0 aliphatic carbocycles. The number of carbonyl (C=O) groups is 2. The summed E-state index contributed by atoms with van der Waals surface area (Å²) in [7, 11) is 0. The maximum Gasteiger partial charge on any atom is 0.573 e. The van der Waals surface area contributed by atoms with Gasteiger partial charge in [-0.1, -0.05) is 0 Å². The molecule has 162 valence electrons. The molecule has 31 heavy (non-hydrogen) atoms. The van der Waals surface area contributed by atoms with Crippen LogP contribution in [0.15, 0.2) is 42.5 Å². The SMILES string of the molecule is Cc1nc2ccc(C(=O)OC(C)C(=O)Nc3ccc(OC(F)(F)F)cc3)cc2nc1C. The van der Waals surface area contributed by atoms with Gasteiger partial charge in [0.15, 0.2) is 6.10 Å². The monoisotopic (exact) mass is 433 g/mol. The van der Waals surface area contributed by atoms with Crippen molar-refractivity contribution in [2.45, 2.75) is 33.2 Å². The van der Waals surface area contributed by atoms with E-state index < -0.39 is 30.1 Å². The van der Waals surface area contributed by atoms with E-state index in [1.165, 1.54) is 31.2 Å². The summed E-state index contributed by atoms with van der Waals surface area (Å²) >= 11 is 0. The van der Waals surface area contributed by atoms with Gasteiger partial charge in [0.05, 0.1) is 28.0 Å². The quantitative estimate of drug-likeness (QED) is 0.603. The highest BCUT2D eigenvalue weighted by molar-refractivity contribution is 5.98. The molecule has 1 N–H and O–H groups in total. The molecule has 1 atom stereocenters. The minimum atomic E-state index is -4.81. The summed E-state index contributed by atoms with van der Waals surface area (Å²) in [6.07, 6.45) is -5.96. The molecule has 0 aliphatic rings. The van der Waals surface area contributed by atoms with Crippen molar-refractivity contribution in [3.8, 4) is 5.75 Å². The molecular formula is C21H18F3N3O4. The van der Waals surface area contributed by atoms with Crippen molar-refractivity contribution in [3.05, 3.63) is 59.4 Å². The number of nitrogens with one attached hydrogen (secondary N) is 1. The van der Waals surface area contributed by atoms with Crippen LogP contribution in [-0.4, -0.2) is 34.3 Å². The van der Waals surface area contributed by atoms with E-state index in [1.807, 2.05) is 6.92 Å². The second kappa shape index (κ2) is 8.58. The highest BCUT2D eigenvalue weighted by Gasteiger charge is 2.31. The lowest BCUT2D eigenvalue weighted by Gasteiger charge is -2.14. The third-order valence-corrected chi connectivity index (χ3v) is 4.32. The molecule has 1 amide bonds. The summed E-state index contributed by atoms with van der Waals surface area (Å²) in [5.74, 6) is -1.79. The fraction of sp³-hybridized carbons (Fsp3) is 0.238. The Morgan fingerprint density at radius 3 is 2.19 bits per heavy atom. The first-order valence-corrected chi connectivity index (χ1v) is 9.14. The molecule has 2 aromatic carbocycles. The van der Waals surface area contributed by atoms with Crippen molar-refractivity contribution < 1.29 is 32.2 Å². The number of hydrogen-bond acceptors (Lipinski definition) is 6. The number of rotatable bonds is 5. The van der Waals surface area contributed by atoms with Crippen LogP contribution >= 0.6 is 0 Å². The smallest absolute Gasteiger partial charge is 0.449 e. The highest BCUT2D eigenvalue weighted by Crippen LogP contribution is 2.24. The van der Waals surface area contributed by atoms with E-state index in [0.29, 0.717) is 11.0 Å². The van der Waals surface area contributed by atoms with Crippen LogP contribution in [0.3, 0.4) is 0 Å². The normalized spacial score (nSPS) is 12.3. The first kappa shape index (κ1) is 22.0. The van der Waals surface area contributed by atoms with Gasteiger partial charge in [-0.15, -0.1) is 13.2 Å². The zero-order valence-corrected chi connectivity index (χ0v) is 16.8. The van der Waals surface area contributed by atoms with Gasteiger partial charge >= 0.3 is 12.3 Å². The molecule has 7 nitrogen and oxygen atoms in total. The number of nitrogens with zero attached hydrogens (tertiary/aromatic N) is 2. The third-order valence-electron chi connectivity index (χ3n) is 4.32. The summed E-state index contributed by atoms with van der Waals surface area (Å²) in [6, 6.07) is 9.28. The van der Waals surface area contributed by atoms with Crippen molar-refractivity contribution >= 4 is 28.6 Å². The number of halogens is 3.